The Morgan fingerprint density at radius 3 is 2.56 bits per heavy atom. The number of halogens is 2. The molecule has 0 fully saturated rings. The van der Waals surface area contributed by atoms with Crippen LogP contribution < -0.4 is 10.6 Å². The van der Waals surface area contributed by atoms with Crippen LogP contribution in [0.15, 0.2) is 67.0 Å². The number of nitrogens with zero attached hydrogens (tertiary/aromatic N) is 3. The molecule has 3 aromatic rings. The zero-order valence-electron chi connectivity index (χ0n) is 17.6. The maximum absolute atomic E-state index is 13.5. The third-order valence-electron chi connectivity index (χ3n) is 4.46. The molecule has 0 unspecified atom stereocenters. The smallest absolute Gasteiger partial charge is 0.248 e. The molecule has 1 heterocycles. The van der Waals surface area contributed by atoms with Crippen LogP contribution in [-0.4, -0.2) is 36.4 Å². The molecule has 0 aliphatic heterocycles. The number of nitrogens with one attached hydrogen (secondary N) is 2. The van der Waals surface area contributed by atoms with Crippen molar-refractivity contribution < 1.29 is 9.18 Å². The molecule has 32 heavy (non-hydrogen) atoms. The highest BCUT2D eigenvalue weighted by molar-refractivity contribution is 6.31. The van der Waals surface area contributed by atoms with Crippen LogP contribution in [-0.2, 0) is 4.79 Å². The van der Waals surface area contributed by atoms with Gasteiger partial charge in [0.25, 0.3) is 0 Å². The van der Waals surface area contributed by atoms with Crippen molar-refractivity contribution in [3.63, 3.8) is 0 Å². The Morgan fingerprint density at radius 2 is 1.91 bits per heavy atom. The highest BCUT2D eigenvalue weighted by atomic mass is 35.5. The monoisotopic (exact) mass is 449 g/mol. The van der Waals surface area contributed by atoms with Crippen LogP contribution in [0.1, 0.15) is 5.56 Å². The number of amides is 1. The van der Waals surface area contributed by atoms with Gasteiger partial charge in [0.1, 0.15) is 11.9 Å². The summed E-state index contributed by atoms with van der Waals surface area (Å²) in [5, 5.41) is 15.5. The first-order chi connectivity index (χ1) is 15.4. The molecule has 8 heteroatoms. The third kappa shape index (κ3) is 5.91. The van der Waals surface area contributed by atoms with Crippen LogP contribution in [0.3, 0.4) is 0 Å². The maximum atomic E-state index is 13.5. The molecule has 3 rings (SSSR count). The van der Waals surface area contributed by atoms with Crippen molar-refractivity contribution in [1.29, 1.82) is 5.26 Å². The van der Waals surface area contributed by atoms with Gasteiger partial charge in [0.15, 0.2) is 0 Å². The first kappa shape index (κ1) is 22.9. The van der Waals surface area contributed by atoms with Gasteiger partial charge in [-0.05, 0) is 50.0 Å². The number of hydrogen-bond acceptors (Lipinski definition) is 5. The van der Waals surface area contributed by atoms with Crippen molar-refractivity contribution in [3.8, 4) is 17.2 Å². The Hall–Kier alpha value is -3.73. The van der Waals surface area contributed by atoms with Gasteiger partial charge in [-0.25, -0.2) is 4.39 Å². The van der Waals surface area contributed by atoms with Gasteiger partial charge >= 0.3 is 0 Å². The molecule has 162 valence electrons. The molecule has 0 spiro atoms. The van der Waals surface area contributed by atoms with Gasteiger partial charge in [-0.3, -0.25) is 9.78 Å². The minimum absolute atomic E-state index is 0.0242. The second-order valence-corrected chi connectivity index (χ2v) is 7.61. The average molecular weight is 450 g/mol. The summed E-state index contributed by atoms with van der Waals surface area (Å²) in [5.74, 6) is -0.745. The number of benzene rings is 2. The zero-order valence-corrected chi connectivity index (χ0v) is 18.3. The van der Waals surface area contributed by atoms with Crippen molar-refractivity contribution in [1.82, 2.24) is 9.88 Å². The van der Waals surface area contributed by atoms with E-state index in [1.165, 1.54) is 30.5 Å². The molecule has 2 aromatic carbocycles. The molecule has 0 aliphatic rings. The Balaban J connectivity index is 1.85. The fourth-order valence-corrected chi connectivity index (χ4v) is 3.09. The van der Waals surface area contributed by atoms with Crippen molar-refractivity contribution in [3.05, 3.63) is 83.4 Å². The molecule has 0 aliphatic carbocycles. The number of anilines is 3. The number of hydrogen-bond donors (Lipinski definition) is 2. The Morgan fingerprint density at radius 1 is 1.19 bits per heavy atom. The van der Waals surface area contributed by atoms with E-state index >= 15 is 0 Å². The zero-order chi connectivity index (χ0) is 23.1. The molecular formula is C24H21ClFN5O. The second-order valence-electron chi connectivity index (χ2n) is 7.21. The maximum Gasteiger partial charge on any atom is 0.248 e. The molecule has 1 amide bonds. The SMILES string of the molecule is CN(C)C/C=C/C(=O)Nc1ccc(-c2cncc(C#N)c2Nc2ccc(F)c(Cl)c2)cc1. The van der Waals surface area contributed by atoms with E-state index in [0.29, 0.717) is 34.7 Å². The van der Waals surface area contributed by atoms with Gasteiger partial charge in [-0.2, -0.15) is 5.26 Å². The van der Waals surface area contributed by atoms with E-state index in [1.807, 2.05) is 31.1 Å². The summed E-state index contributed by atoms with van der Waals surface area (Å²) in [5.41, 5.74) is 3.48. The van der Waals surface area contributed by atoms with Gasteiger partial charge in [0.05, 0.1) is 16.3 Å². The third-order valence-corrected chi connectivity index (χ3v) is 4.75. The topological polar surface area (TPSA) is 81.1 Å². The van der Waals surface area contributed by atoms with Gasteiger partial charge < -0.3 is 15.5 Å². The summed E-state index contributed by atoms with van der Waals surface area (Å²) >= 11 is 5.88. The van der Waals surface area contributed by atoms with Crippen LogP contribution in [0, 0.1) is 17.1 Å². The van der Waals surface area contributed by atoms with Gasteiger partial charge in [0.2, 0.25) is 5.91 Å². The van der Waals surface area contributed by atoms with Gasteiger partial charge in [0, 0.05) is 42.0 Å². The van der Waals surface area contributed by atoms with Crippen LogP contribution >= 0.6 is 11.6 Å². The van der Waals surface area contributed by atoms with E-state index in [0.717, 1.165) is 5.56 Å². The molecule has 1 aromatic heterocycles. The molecule has 2 N–H and O–H groups in total. The van der Waals surface area contributed by atoms with Crippen LogP contribution in [0.25, 0.3) is 11.1 Å². The molecule has 0 saturated carbocycles. The lowest BCUT2D eigenvalue weighted by atomic mass is 10.0. The number of aromatic nitrogens is 1. The fraction of sp³-hybridized carbons (Fsp3) is 0.125. The highest BCUT2D eigenvalue weighted by Gasteiger charge is 2.13. The summed E-state index contributed by atoms with van der Waals surface area (Å²) in [6.07, 6.45) is 6.35. The van der Waals surface area contributed by atoms with Gasteiger partial charge in [-0.15, -0.1) is 0 Å². The van der Waals surface area contributed by atoms with Crippen molar-refractivity contribution in [2.45, 2.75) is 0 Å². The number of carbonyl (C=O) groups excluding carboxylic acids is 1. The summed E-state index contributed by atoms with van der Waals surface area (Å²) in [7, 11) is 3.84. The minimum Gasteiger partial charge on any atom is -0.354 e. The second kappa shape index (κ2) is 10.5. The summed E-state index contributed by atoms with van der Waals surface area (Å²) in [6, 6.07) is 13.5. The summed E-state index contributed by atoms with van der Waals surface area (Å²) < 4.78 is 13.5. The first-order valence-electron chi connectivity index (χ1n) is 9.70. The molecule has 0 radical (unpaired) electrons. The largest absolute Gasteiger partial charge is 0.354 e. The number of nitriles is 1. The van der Waals surface area contributed by atoms with E-state index in [4.69, 9.17) is 11.6 Å². The van der Waals surface area contributed by atoms with Crippen LogP contribution in [0.5, 0.6) is 0 Å². The Bertz CT molecular complexity index is 1190. The van der Waals surface area contributed by atoms with E-state index < -0.39 is 5.82 Å². The van der Waals surface area contributed by atoms with E-state index in [2.05, 4.69) is 21.7 Å². The minimum atomic E-state index is -0.526. The van der Waals surface area contributed by atoms with E-state index in [-0.39, 0.29) is 10.9 Å². The van der Waals surface area contributed by atoms with E-state index in [9.17, 15) is 14.4 Å². The van der Waals surface area contributed by atoms with Crippen molar-refractivity contribution >= 4 is 34.6 Å². The van der Waals surface area contributed by atoms with Crippen molar-refractivity contribution in [2.75, 3.05) is 31.3 Å². The lowest BCUT2D eigenvalue weighted by Crippen LogP contribution is -2.12. The molecule has 0 atom stereocenters. The first-order valence-corrected chi connectivity index (χ1v) is 10.1. The molecule has 0 bridgehead atoms. The predicted molar refractivity (Wildman–Crippen MR) is 125 cm³/mol. The highest BCUT2D eigenvalue weighted by Crippen LogP contribution is 2.34. The molecule has 0 saturated heterocycles. The van der Waals surface area contributed by atoms with Crippen molar-refractivity contribution in [2.24, 2.45) is 0 Å². The number of carbonyl (C=O) groups is 1. The normalized spacial score (nSPS) is 10.9. The summed E-state index contributed by atoms with van der Waals surface area (Å²) in [6.45, 7) is 0.670. The quantitative estimate of drug-likeness (QED) is 0.484. The van der Waals surface area contributed by atoms with E-state index in [1.54, 1.807) is 24.4 Å². The predicted octanol–water partition coefficient (Wildman–Crippen LogP) is 5.21. The average Bonchev–Trinajstić information content (AvgIpc) is 2.77. The lowest BCUT2D eigenvalue weighted by Gasteiger charge is -2.14. The number of rotatable bonds is 7. The van der Waals surface area contributed by atoms with Crippen LogP contribution in [0.4, 0.5) is 21.5 Å². The molecule has 6 nitrogen and oxygen atoms in total. The Kier molecular flexibility index (Phi) is 7.55. The Labute approximate surface area is 191 Å². The molecular weight excluding hydrogens is 429 g/mol. The standard InChI is InChI=1S/C24H21ClFN5O/c1-31(2)11-3-4-23(32)29-18-7-5-16(6-8-18)20-15-28-14-17(13-27)24(20)30-19-9-10-22(26)21(25)12-19/h3-10,12,14-15H,11H2,1-2H3,(H,28,30)(H,29,32)/b4-3+. The number of pyridine rings is 1. The fourth-order valence-electron chi connectivity index (χ4n) is 2.90. The lowest BCUT2D eigenvalue weighted by molar-refractivity contribution is -0.111. The summed E-state index contributed by atoms with van der Waals surface area (Å²) in [4.78, 5) is 18.1. The van der Waals surface area contributed by atoms with Crippen LogP contribution in [0.2, 0.25) is 5.02 Å². The number of likely N-dealkylation sites (N-methyl/N-ethyl adjacent to an activating group) is 1. The van der Waals surface area contributed by atoms with Gasteiger partial charge in [-0.1, -0.05) is 29.8 Å².